The van der Waals surface area contributed by atoms with Crippen LogP contribution in [-0.2, 0) is 18.3 Å². The van der Waals surface area contributed by atoms with E-state index in [2.05, 4.69) is 10.3 Å². The molecule has 0 spiro atoms. The quantitative estimate of drug-likeness (QED) is 0.477. The van der Waals surface area contributed by atoms with E-state index in [0.717, 1.165) is 12.2 Å². The van der Waals surface area contributed by atoms with E-state index in [0.29, 0.717) is 13.0 Å². The van der Waals surface area contributed by atoms with Gasteiger partial charge < -0.3 is 9.88 Å². The van der Waals surface area contributed by atoms with Crippen molar-refractivity contribution in [2.24, 2.45) is 7.05 Å². The van der Waals surface area contributed by atoms with Gasteiger partial charge in [-0.15, -0.1) is 0 Å². The zero-order chi connectivity index (χ0) is 8.10. The average Bonchev–Trinajstić information content (AvgIpc) is 2.37. The molecule has 0 fully saturated rings. The van der Waals surface area contributed by atoms with Crippen molar-refractivity contribution in [1.82, 2.24) is 14.9 Å². The maximum absolute atomic E-state index is 9.88. The van der Waals surface area contributed by atoms with Crippen LogP contribution in [0.1, 0.15) is 5.82 Å². The molecule has 60 valence electrons. The van der Waals surface area contributed by atoms with Crippen molar-refractivity contribution in [2.45, 2.75) is 6.42 Å². The smallest absolute Gasteiger partial charge is 0.207 e. The Balaban J connectivity index is 2.38. The van der Waals surface area contributed by atoms with Gasteiger partial charge >= 0.3 is 0 Å². The fourth-order valence-corrected chi connectivity index (χ4v) is 0.880. The predicted molar refractivity (Wildman–Crippen MR) is 41.0 cm³/mol. The summed E-state index contributed by atoms with van der Waals surface area (Å²) < 4.78 is 1.94. The molecule has 1 aromatic rings. The molecule has 4 nitrogen and oxygen atoms in total. The molecule has 1 amide bonds. The van der Waals surface area contributed by atoms with Crippen molar-refractivity contribution >= 4 is 6.41 Å². The molecular formula is C7H11N3O. The largest absolute Gasteiger partial charge is 0.358 e. The minimum absolute atomic E-state index is 0.647. The number of nitrogens with zero attached hydrogens (tertiary/aromatic N) is 2. The summed E-state index contributed by atoms with van der Waals surface area (Å²) in [6.45, 7) is 0.647. The molecule has 0 aromatic carbocycles. The summed E-state index contributed by atoms with van der Waals surface area (Å²) in [5, 5.41) is 2.58. The summed E-state index contributed by atoms with van der Waals surface area (Å²) in [7, 11) is 1.93. The highest BCUT2D eigenvalue weighted by Gasteiger charge is 1.96. The number of hydrogen-bond donors (Lipinski definition) is 1. The number of carbonyl (C=O) groups is 1. The van der Waals surface area contributed by atoms with Crippen LogP contribution in [0, 0.1) is 0 Å². The molecule has 1 rings (SSSR count). The number of rotatable bonds is 4. The van der Waals surface area contributed by atoms with Crippen molar-refractivity contribution in [1.29, 1.82) is 0 Å². The van der Waals surface area contributed by atoms with Gasteiger partial charge in [0.05, 0.1) is 0 Å². The van der Waals surface area contributed by atoms with Crippen LogP contribution in [0.2, 0.25) is 0 Å². The molecule has 4 heteroatoms. The lowest BCUT2D eigenvalue weighted by Crippen LogP contribution is -2.16. The Labute approximate surface area is 65.2 Å². The zero-order valence-corrected chi connectivity index (χ0v) is 6.45. The second-order valence-electron chi connectivity index (χ2n) is 2.28. The van der Waals surface area contributed by atoms with Gasteiger partial charge in [-0.2, -0.15) is 0 Å². The molecule has 0 aliphatic heterocycles. The van der Waals surface area contributed by atoms with Gasteiger partial charge in [0.25, 0.3) is 0 Å². The van der Waals surface area contributed by atoms with Crippen LogP contribution < -0.4 is 5.32 Å². The van der Waals surface area contributed by atoms with E-state index in [1.54, 1.807) is 6.20 Å². The van der Waals surface area contributed by atoms with Crippen molar-refractivity contribution in [3.8, 4) is 0 Å². The molecule has 0 saturated carbocycles. The van der Waals surface area contributed by atoms with Gasteiger partial charge in [0.2, 0.25) is 6.41 Å². The van der Waals surface area contributed by atoms with Crippen LogP contribution in [0.4, 0.5) is 0 Å². The van der Waals surface area contributed by atoms with Gasteiger partial charge in [0.15, 0.2) is 0 Å². The van der Waals surface area contributed by atoms with E-state index in [9.17, 15) is 4.79 Å². The molecule has 0 aliphatic rings. The first-order valence-electron chi connectivity index (χ1n) is 3.48. The lowest BCUT2D eigenvalue weighted by molar-refractivity contribution is -0.109. The SMILES string of the molecule is Cn1ccnc1CCNC=O. The van der Waals surface area contributed by atoms with Gasteiger partial charge in [-0.25, -0.2) is 4.98 Å². The number of nitrogens with one attached hydrogen (secondary N) is 1. The van der Waals surface area contributed by atoms with E-state index < -0.39 is 0 Å². The summed E-state index contributed by atoms with van der Waals surface area (Å²) in [6.07, 6.45) is 5.11. The minimum atomic E-state index is 0.647. The molecule has 1 N–H and O–H groups in total. The normalized spacial score (nSPS) is 9.55. The van der Waals surface area contributed by atoms with Crippen LogP contribution in [-0.4, -0.2) is 22.5 Å². The lowest BCUT2D eigenvalue weighted by Gasteiger charge is -1.99. The second kappa shape index (κ2) is 3.75. The number of hydrogen-bond acceptors (Lipinski definition) is 2. The minimum Gasteiger partial charge on any atom is -0.358 e. The Bertz CT molecular complexity index is 231. The van der Waals surface area contributed by atoms with Gasteiger partial charge in [-0.3, -0.25) is 4.79 Å². The highest BCUT2D eigenvalue weighted by atomic mass is 16.1. The van der Waals surface area contributed by atoms with E-state index >= 15 is 0 Å². The average molecular weight is 153 g/mol. The molecule has 1 heterocycles. The lowest BCUT2D eigenvalue weighted by atomic mass is 10.4. The maximum atomic E-state index is 9.88. The van der Waals surface area contributed by atoms with Gasteiger partial charge in [0.1, 0.15) is 5.82 Å². The van der Waals surface area contributed by atoms with Crippen LogP contribution in [0.25, 0.3) is 0 Å². The van der Waals surface area contributed by atoms with E-state index in [1.807, 2.05) is 17.8 Å². The van der Waals surface area contributed by atoms with Crippen molar-refractivity contribution < 1.29 is 4.79 Å². The first-order valence-corrected chi connectivity index (χ1v) is 3.48. The Morgan fingerprint density at radius 2 is 2.64 bits per heavy atom. The highest BCUT2D eigenvalue weighted by Crippen LogP contribution is 1.93. The number of amides is 1. The van der Waals surface area contributed by atoms with Gasteiger partial charge in [0, 0.05) is 32.4 Å². The maximum Gasteiger partial charge on any atom is 0.207 e. The van der Waals surface area contributed by atoms with Crippen molar-refractivity contribution in [2.75, 3.05) is 6.54 Å². The van der Waals surface area contributed by atoms with E-state index in [1.165, 1.54) is 0 Å². The third-order valence-electron chi connectivity index (χ3n) is 1.50. The van der Waals surface area contributed by atoms with Crippen molar-refractivity contribution in [3.05, 3.63) is 18.2 Å². The molecule has 0 bridgehead atoms. The molecule has 1 aromatic heterocycles. The third-order valence-corrected chi connectivity index (χ3v) is 1.50. The van der Waals surface area contributed by atoms with E-state index in [4.69, 9.17) is 0 Å². The van der Waals surface area contributed by atoms with Gasteiger partial charge in [-0.05, 0) is 0 Å². The van der Waals surface area contributed by atoms with Crippen LogP contribution in [0.3, 0.4) is 0 Å². The third kappa shape index (κ3) is 2.07. The number of aryl methyl sites for hydroxylation is 1. The number of imidazole rings is 1. The summed E-state index contributed by atoms with van der Waals surface area (Å²) in [4.78, 5) is 14.0. The fourth-order valence-electron chi connectivity index (χ4n) is 0.880. The molecule has 0 radical (unpaired) electrons. The number of aromatic nitrogens is 2. The molecule has 0 aliphatic carbocycles. The van der Waals surface area contributed by atoms with Gasteiger partial charge in [-0.1, -0.05) is 0 Å². The Hall–Kier alpha value is -1.32. The molecule has 0 saturated heterocycles. The van der Waals surface area contributed by atoms with Crippen molar-refractivity contribution in [3.63, 3.8) is 0 Å². The summed E-state index contributed by atoms with van der Waals surface area (Å²) >= 11 is 0. The summed E-state index contributed by atoms with van der Waals surface area (Å²) in [5.41, 5.74) is 0. The highest BCUT2D eigenvalue weighted by molar-refractivity contribution is 5.45. The van der Waals surface area contributed by atoms with Crippen LogP contribution in [0.5, 0.6) is 0 Å². The Morgan fingerprint density at radius 1 is 1.82 bits per heavy atom. The second-order valence-corrected chi connectivity index (χ2v) is 2.28. The van der Waals surface area contributed by atoms with Crippen LogP contribution in [0.15, 0.2) is 12.4 Å². The Kier molecular flexibility index (Phi) is 2.66. The molecule has 11 heavy (non-hydrogen) atoms. The molecule has 0 atom stereocenters. The fraction of sp³-hybridized carbons (Fsp3) is 0.429. The first kappa shape index (κ1) is 7.78. The molecule has 0 unspecified atom stereocenters. The number of carbonyl (C=O) groups excluding carboxylic acids is 1. The van der Waals surface area contributed by atoms with Crippen LogP contribution >= 0.6 is 0 Å². The summed E-state index contributed by atoms with van der Waals surface area (Å²) in [6, 6.07) is 0. The summed E-state index contributed by atoms with van der Waals surface area (Å²) in [5.74, 6) is 0.986. The Morgan fingerprint density at radius 3 is 3.18 bits per heavy atom. The standard InChI is InChI=1S/C7H11N3O/c1-10-5-4-9-7(10)2-3-8-6-11/h4-6H,2-3H2,1H3,(H,8,11). The monoisotopic (exact) mass is 153 g/mol. The zero-order valence-electron chi connectivity index (χ0n) is 6.45. The van der Waals surface area contributed by atoms with E-state index in [-0.39, 0.29) is 0 Å². The topological polar surface area (TPSA) is 46.9 Å². The molecular weight excluding hydrogens is 142 g/mol. The first-order chi connectivity index (χ1) is 5.34. The predicted octanol–water partition coefficient (Wildman–Crippen LogP) is -0.291.